The highest BCUT2D eigenvalue weighted by atomic mass is 35.5. The lowest BCUT2D eigenvalue weighted by Crippen LogP contribution is -2.17. The maximum absolute atomic E-state index is 12.3. The van der Waals surface area contributed by atoms with Crippen LogP contribution in [-0.4, -0.2) is 11.3 Å². The Morgan fingerprint density at radius 2 is 1.57 bits per heavy atom. The molecule has 0 spiro atoms. The number of nitro groups is 1. The van der Waals surface area contributed by atoms with Gasteiger partial charge in [0.25, 0.3) is 0 Å². The summed E-state index contributed by atoms with van der Waals surface area (Å²) in [5.74, 6) is -0.919. The predicted molar refractivity (Wildman–Crippen MR) is 80.2 cm³/mol. The molecule has 0 atom stereocenters. The van der Waals surface area contributed by atoms with Gasteiger partial charge in [0.05, 0.1) is 20.0 Å². The van der Waals surface area contributed by atoms with Gasteiger partial charge in [-0.05, 0) is 29.3 Å². The topological polar surface area (TPSA) is 52.4 Å². The molecule has 0 aliphatic rings. The molecule has 0 saturated carbocycles. The molecule has 0 radical (unpaired) electrons. The molecule has 0 fully saturated rings. The van der Waals surface area contributed by atoms with Crippen molar-refractivity contribution in [3.8, 4) is 16.9 Å². The van der Waals surface area contributed by atoms with Crippen LogP contribution in [0.3, 0.4) is 0 Å². The average Bonchev–Trinajstić information content (AvgIpc) is 2.42. The summed E-state index contributed by atoms with van der Waals surface area (Å²) in [6.07, 6.45) is -5.04. The number of nitro benzene ring substituents is 1. The van der Waals surface area contributed by atoms with E-state index in [9.17, 15) is 23.3 Å². The highest BCUT2D eigenvalue weighted by Gasteiger charge is 2.34. The molecule has 0 N–H and O–H groups in total. The molecular weight excluding hydrogens is 382 g/mol. The lowest BCUT2D eigenvalue weighted by molar-refractivity contribution is -0.388. The largest absolute Gasteiger partial charge is 0.573 e. The third kappa shape index (κ3) is 4.19. The second kappa shape index (κ2) is 6.43. The van der Waals surface area contributed by atoms with E-state index in [-0.39, 0.29) is 20.6 Å². The summed E-state index contributed by atoms with van der Waals surface area (Å²) >= 11 is 17.5. The van der Waals surface area contributed by atoms with Crippen molar-refractivity contribution in [3.63, 3.8) is 0 Å². The van der Waals surface area contributed by atoms with E-state index < -0.39 is 22.7 Å². The number of hydrogen-bond donors (Lipinski definition) is 0. The van der Waals surface area contributed by atoms with E-state index in [4.69, 9.17) is 34.8 Å². The van der Waals surface area contributed by atoms with Gasteiger partial charge in [0.1, 0.15) is 0 Å². The average molecular weight is 387 g/mol. The van der Waals surface area contributed by atoms with Gasteiger partial charge in [-0.25, -0.2) is 0 Å². The van der Waals surface area contributed by atoms with E-state index >= 15 is 0 Å². The molecule has 0 amide bonds. The van der Waals surface area contributed by atoms with Crippen molar-refractivity contribution in [2.75, 3.05) is 0 Å². The van der Waals surface area contributed by atoms with Gasteiger partial charge in [0, 0.05) is 6.07 Å². The highest BCUT2D eigenvalue weighted by molar-refractivity contribution is 6.48. The van der Waals surface area contributed by atoms with E-state index in [1.54, 1.807) is 0 Å². The molecule has 122 valence electrons. The fourth-order valence-corrected chi connectivity index (χ4v) is 2.37. The van der Waals surface area contributed by atoms with Crippen LogP contribution in [0.2, 0.25) is 15.1 Å². The zero-order valence-corrected chi connectivity index (χ0v) is 13.1. The van der Waals surface area contributed by atoms with Gasteiger partial charge in [0.15, 0.2) is 0 Å². The molecule has 4 nitrogen and oxygen atoms in total. The SMILES string of the molecule is O=[N+]([O-])c1cc(-c2cc(Cl)c(Cl)c(Cl)c2)ccc1OC(F)(F)F. The van der Waals surface area contributed by atoms with E-state index in [1.807, 2.05) is 0 Å². The van der Waals surface area contributed by atoms with Crippen molar-refractivity contribution in [1.29, 1.82) is 0 Å². The maximum Gasteiger partial charge on any atom is 0.573 e. The van der Waals surface area contributed by atoms with Crippen molar-refractivity contribution in [3.05, 3.63) is 55.5 Å². The van der Waals surface area contributed by atoms with Crippen molar-refractivity contribution < 1.29 is 22.8 Å². The van der Waals surface area contributed by atoms with Gasteiger partial charge in [-0.15, -0.1) is 13.2 Å². The summed E-state index contributed by atoms with van der Waals surface area (Å²) in [7, 11) is 0. The van der Waals surface area contributed by atoms with Gasteiger partial charge in [0.2, 0.25) is 5.75 Å². The Hall–Kier alpha value is -1.70. The summed E-state index contributed by atoms with van der Waals surface area (Å²) in [5, 5.41) is 11.3. The number of benzene rings is 2. The van der Waals surface area contributed by atoms with Crippen molar-refractivity contribution in [2.24, 2.45) is 0 Å². The third-order valence-electron chi connectivity index (χ3n) is 2.70. The Kier molecular flexibility index (Phi) is 4.93. The number of rotatable bonds is 3. The van der Waals surface area contributed by atoms with Crippen LogP contribution in [-0.2, 0) is 0 Å². The lowest BCUT2D eigenvalue weighted by atomic mass is 10.0. The molecule has 0 aromatic heterocycles. The summed E-state index contributed by atoms with van der Waals surface area (Å²) in [6, 6.07) is 5.76. The molecule has 0 saturated heterocycles. The highest BCUT2D eigenvalue weighted by Crippen LogP contribution is 2.39. The van der Waals surface area contributed by atoms with Gasteiger partial charge in [-0.3, -0.25) is 10.1 Å². The zero-order chi connectivity index (χ0) is 17.4. The molecule has 2 aromatic carbocycles. The standard InChI is InChI=1S/C13H5Cl3F3NO3/c14-8-3-7(4-9(15)12(8)16)6-1-2-11(23-13(17,18)19)10(5-6)20(21)22/h1-5H. The Labute approximate surface area is 142 Å². The van der Waals surface area contributed by atoms with E-state index in [2.05, 4.69) is 4.74 Å². The smallest absolute Gasteiger partial charge is 0.398 e. The van der Waals surface area contributed by atoms with Crippen LogP contribution < -0.4 is 4.74 Å². The fraction of sp³-hybridized carbons (Fsp3) is 0.0769. The minimum atomic E-state index is -5.04. The second-order valence-corrected chi connectivity index (χ2v) is 5.43. The molecular formula is C13H5Cl3F3NO3. The van der Waals surface area contributed by atoms with Gasteiger partial charge in [-0.1, -0.05) is 40.9 Å². The first kappa shape index (κ1) is 17.7. The molecule has 0 aliphatic heterocycles. The molecule has 2 rings (SSSR count). The number of halogens is 6. The Balaban J connectivity index is 2.54. The van der Waals surface area contributed by atoms with Crippen molar-refractivity contribution in [2.45, 2.75) is 6.36 Å². The molecule has 0 bridgehead atoms. The molecule has 2 aromatic rings. The quantitative estimate of drug-likeness (QED) is 0.363. The first-order valence-electron chi connectivity index (χ1n) is 5.77. The van der Waals surface area contributed by atoms with Gasteiger partial charge >= 0.3 is 12.0 Å². The summed E-state index contributed by atoms with van der Waals surface area (Å²) in [4.78, 5) is 9.98. The zero-order valence-electron chi connectivity index (χ0n) is 10.8. The monoisotopic (exact) mass is 385 g/mol. The van der Waals surface area contributed by atoms with E-state index in [1.165, 1.54) is 18.2 Å². The van der Waals surface area contributed by atoms with Gasteiger partial charge in [-0.2, -0.15) is 0 Å². The fourth-order valence-electron chi connectivity index (χ4n) is 1.77. The summed E-state index contributed by atoms with van der Waals surface area (Å²) < 4.78 is 40.4. The van der Waals surface area contributed by atoms with Crippen LogP contribution in [0.1, 0.15) is 0 Å². The van der Waals surface area contributed by atoms with Crippen LogP contribution in [0.4, 0.5) is 18.9 Å². The normalized spacial score (nSPS) is 11.4. The minimum Gasteiger partial charge on any atom is -0.398 e. The van der Waals surface area contributed by atoms with Gasteiger partial charge < -0.3 is 4.74 Å². The number of alkyl halides is 3. The van der Waals surface area contributed by atoms with Crippen molar-refractivity contribution >= 4 is 40.5 Å². The molecule has 10 heteroatoms. The van der Waals surface area contributed by atoms with E-state index in [0.29, 0.717) is 5.56 Å². The predicted octanol–water partition coefficient (Wildman–Crippen LogP) is 6.12. The Bertz CT molecular complexity index is 758. The Morgan fingerprint density at radius 1 is 1.00 bits per heavy atom. The minimum absolute atomic E-state index is 0.101. The molecule has 0 heterocycles. The van der Waals surface area contributed by atoms with Crippen LogP contribution in [0.5, 0.6) is 5.75 Å². The first-order valence-corrected chi connectivity index (χ1v) is 6.91. The molecule has 0 unspecified atom stereocenters. The van der Waals surface area contributed by atoms with E-state index in [0.717, 1.165) is 12.1 Å². The second-order valence-electron chi connectivity index (χ2n) is 4.24. The molecule has 23 heavy (non-hydrogen) atoms. The van der Waals surface area contributed by atoms with Crippen molar-refractivity contribution in [1.82, 2.24) is 0 Å². The number of nitrogens with zero attached hydrogens (tertiary/aromatic N) is 1. The summed E-state index contributed by atoms with van der Waals surface area (Å²) in [6.45, 7) is 0. The number of ether oxygens (including phenoxy) is 1. The van der Waals surface area contributed by atoms with Crippen LogP contribution in [0.15, 0.2) is 30.3 Å². The van der Waals surface area contributed by atoms with Crippen LogP contribution >= 0.6 is 34.8 Å². The van der Waals surface area contributed by atoms with Crippen LogP contribution in [0, 0.1) is 10.1 Å². The first-order chi connectivity index (χ1) is 10.6. The maximum atomic E-state index is 12.3. The Morgan fingerprint density at radius 3 is 2.04 bits per heavy atom. The molecule has 0 aliphatic carbocycles. The summed E-state index contributed by atoms with van der Waals surface area (Å²) in [5.41, 5.74) is -0.264. The number of hydrogen-bond acceptors (Lipinski definition) is 3. The van der Waals surface area contributed by atoms with Crippen LogP contribution in [0.25, 0.3) is 11.1 Å². The third-order valence-corrected chi connectivity index (χ3v) is 3.90. The lowest BCUT2D eigenvalue weighted by Gasteiger charge is -2.11.